The number of fused-ring (bicyclic) bond motifs is 1. The molecule has 0 unspecified atom stereocenters. The van der Waals surface area contributed by atoms with Crippen LogP contribution in [0.2, 0.25) is 0 Å². The number of hydrogen-bond acceptors (Lipinski definition) is 2. The van der Waals surface area contributed by atoms with Gasteiger partial charge in [0.2, 0.25) is 0 Å². The largest absolute Gasteiger partial charge is 0.264 e. The molecule has 1 aromatic heterocycles. The van der Waals surface area contributed by atoms with Gasteiger partial charge in [0.25, 0.3) is 0 Å². The number of benzene rings is 6. The first-order chi connectivity index (χ1) is 27.4. The van der Waals surface area contributed by atoms with Crippen molar-refractivity contribution in [3.8, 4) is 17.2 Å². The molecule has 2 heteroatoms. The molecule has 57 heavy (non-hydrogen) atoms. The third-order valence-electron chi connectivity index (χ3n) is 9.65. The SMILES string of the molecule is CC(C)c1ccc(-c2ccccc2)cc1.CC(C)c1ccc(C#N)cc1.CC(C)c1cccc2ccccc12.CC(C)c1ccccc1.CC(C)c1cccnc1. The molecule has 7 rings (SSSR count). The number of nitriles is 1. The van der Waals surface area contributed by atoms with Crippen molar-refractivity contribution in [2.24, 2.45) is 0 Å². The smallest absolute Gasteiger partial charge is 0.0991 e. The van der Waals surface area contributed by atoms with Crippen LogP contribution in [0.1, 0.15) is 132 Å². The molecule has 7 aromatic rings. The van der Waals surface area contributed by atoms with Crippen molar-refractivity contribution in [2.75, 3.05) is 0 Å². The lowest BCUT2D eigenvalue weighted by Gasteiger charge is -2.08. The van der Waals surface area contributed by atoms with Crippen molar-refractivity contribution in [1.82, 2.24) is 4.98 Å². The molecular weight excluding hydrogens is 689 g/mol. The van der Waals surface area contributed by atoms with Crippen molar-refractivity contribution in [3.63, 3.8) is 0 Å². The fourth-order valence-corrected chi connectivity index (χ4v) is 5.94. The van der Waals surface area contributed by atoms with Gasteiger partial charge in [0.1, 0.15) is 0 Å². The van der Waals surface area contributed by atoms with Gasteiger partial charge in [-0.05, 0) is 97.5 Å². The van der Waals surface area contributed by atoms with E-state index in [-0.39, 0.29) is 0 Å². The zero-order valence-electron chi connectivity index (χ0n) is 36.0. The van der Waals surface area contributed by atoms with E-state index in [0.717, 1.165) is 5.56 Å². The lowest BCUT2D eigenvalue weighted by atomic mass is 9.96. The average molecular weight is 753 g/mol. The maximum absolute atomic E-state index is 8.52. The predicted octanol–water partition coefficient (Wildman–Crippen LogP) is 16.1. The lowest BCUT2D eigenvalue weighted by molar-refractivity contribution is 0.858. The molecule has 0 N–H and O–H groups in total. The Bertz CT molecular complexity index is 2090. The van der Waals surface area contributed by atoms with E-state index in [0.29, 0.717) is 29.6 Å². The van der Waals surface area contributed by atoms with Gasteiger partial charge in [0.05, 0.1) is 11.6 Å². The van der Waals surface area contributed by atoms with E-state index in [2.05, 4.69) is 202 Å². The first kappa shape index (κ1) is 45.6. The summed E-state index contributed by atoms with van der Waals surface area (Å²) in [6.07, 6.45) is 3.70. The predicted molar refractivity (Wildman–Crippen MR) is 248 cm³/mol. The zero-order chi connectivity index (χ0) is 41.6. The second-order valence-corrected chi connectivity index (χ2v) is 15.8. The summed E-state index contributed by atoms with van der Waals surface area (Å²) < 4.78 is 0. The lowest BCUT2D eigenvalue weighted by Crippen LogP contribution is -1.88. The maximum atomic E-state index is 8.52. The highest BCUT2D eigenvalue weighted by molar-refractivity contribution is 5.86. The highest BCUT2D eigenvalue weighted by Crippen LogP contribution is 2.25. The van der Waals surface area contributed by atoms with Crippen LogP contribution in [0, 0.1) is 11.3 Å². The van der Waals surface area contributed by atoms with Crippen molar-refractivity contribution in [1.29, 1.82) is 5.26 Å². The number of rotatable bonds is 6. The number of hydrogen-bond donors (Lipinski definition) is 0. The Labute approximate surface area is 345 Å². The quantitative estimate of drug-likeness (QED) is 0.170. The third kappa shape index (κ3) is 16.1. The van der Waals surface area contributed by atoms with E-state index in [4.69, 9.17) is 5.26 Å². The fraction of sp³-hybridized carbons (Fsp3) is 0.273. The normalized spacial score (nSPS) is 10.4. The molecule has 2 nitrogen and oxygen atoms in total. The Morgan fingerprint density at radius 1 is 0.386 bits per heavy atom. The van der Waals surface area contributed by atoms with Crippen molar-refractivity contribution in [2.45, 2.75) is 98.8 Å². The molecule has 0 atom stereocenters. The van der Waals surface area contributed by atoms with Gasteiger partial charge in [-0.25, -0.2) is 0 Å². The van der Waals surface area contributed by atoms with E-state index >= 15 is 0 Å². The minimum absolute atomic E-state index is 0.544. The molecule has 0 aliphatic rings. The molecule has 0 bridgehead atoms. The summed E-state index contributed by atoms with van der Waals surface area (Å²) >= 11 is 0. The monoisotopic (exact) mass is 753 g/mol. The van der Waals surface area contributed by atoms with Crippen LogP contribution in [0.4, 0.5) is 0 Å². The Morgan fingerprint density at radius 3 is 1.28 bits per heavy atom. The van der Waals surface area contributed by atoms with Gasteiger partial charge >= 0.3 is 0 Å². The Morgan fingerprint density at radius 2 is 0.825 bits per heavy atom. The van der Waals surface area contributed by atoms with Gasteiger partial charge in [-0.15, -0.1) is 0 Å². The number of aromatic nitrogens is 1. The van der Waals surface area contributed by atoms with Gasteiger partial charge in [-0.3, -0.25) is 4.98 Å². The molecule has 294 valence electrons. The zero-order valence-corrected chi connectivity index (χ0v) is 36.0. The van der Waals surface area contributed by atoms with Crippen molar-refractivity contribution >= 4 is 10.8 Å². The molecule has 0 saturated heterocycles. The summed E-state index contributed by atoms with van der Waals surface area (Å²) in [5.74, 6) is 3.01. The minimum atomic E-state index is 0.544. The topological polar surface area (TPSA) is 36.7 Å². The highest BCUT2D eigenvalue weighted by atomic mass is 14.6. The van der Waals surface area contributed by atoms with Crippen LogP contribution in [0.5, 0.6) is 0 Å². The highest BCUT2D eigenvalue weighted by Gasteiger charge is 2.03. The Hall–Kier alpha value is -5.78. The molecule has 0 amide bonds. The molecule has 0 saturated carbocycles. The van der Waals surface area contributed by atoms with Gasteiger partial charge in [0, 0.05) is 12.4 Å². The second-order valence-electron chi connectivity index (χ2n) is 15.8. The first-order valence-corrected chi connectivity index (χ1v) is 20.5. The minimum Gasteiger partial charge on any atom is -0.264 e. The average Bonchev–Trinajstić information content (AvgIpc) is 3.25. The van der Waals surface area contributed by atoms with E-state index in [1.165, 1.54) is 49.7 Å². The van der Waals surface area contributed by atoms with Gasteiger partial charge < -0.3 is 0 Å². The molecule has 6 aromatic carbocycles. The van der Waals surface area contributed by atoms with Crippen molar-refractivity contribution in [3.05, 3.63) is 210 Å². The summed E-state index contributed by atoms with van der Waals surface area (Å²) in [4.78, 5) is 4.01. The molecule has 1 heterocycles. The van der Waals surface area contributed by atoms with E-state index in [9.17, 15) is 0 Å². The second kappa shape index (κ2) is 24.7. The van der Waals surface area contributed by atoms with E-state index in [1.807, 2.05) is 48.7 Å². The van der Waals surface area contributed by atoms with E-state index in [1.54, 1.807) is 6.20 Å². The summed E-state index contributed by atoms with van der Waals surface area (Å²) in [7, 11) is 0. The Balaban J connectivity index is 0.000000194. The van der Waals surface area contributed by atoms with Crippen molar-refractivity contribution < 1.29 is 0 Å². The molecule has 0 radical (unpaired) electrons. The van der Waals surface area contributed by atoms with Gasteiger partial charge in [-0.1, -0.05) is 215 Å². The Kier molecular flexibility index (Phi) is 19.7. The van der Waals surface area contributed by atoms with Crippen LogP contribution in [0.25, 0.3) is 21.9 Å². The molecule has 0 aliphatic heterocycles. The maximum Gasteiger partial charge on any atom is 0.0991 e. The van der Waals surface area contributed by atoms with Crippen LogP contribution < -0.4 is 0 Å². The van der Waals surface area contributed by atoms with Crippen LogP contribution in [-0.2, 0) is 0 Å². The molecule has 0 fully saturated rings. The van der Waals surface area contributed by atoms with Gasteiger partial charge in [0.15, 0.2) is 0 Å². The van der Waals surface area contributed by atoms with Crippen LogP contribution >= 0.6 is 0 Å². The molecule has 0 aliphatic carbocycles. The van der Waals surface area contributed by atoms with Gasteiger partial charge in [-0.2, -0.15) is 5.26 Å². The summed E-state index contributed by atoms with van der Waals surface area (Å²) in [5.41, 5.74) is 10.1. The van der Waals surface area contributed by atoms with E-state index < -0.39 is 0 Å². The first-order valence-electron chi connectivity index (χ1n) is 20.5. The fourth-order valence-electron chi connectivity index (χ4n) is 5.94. The summed E-state index contributed by atoms with van der Waals surface area (Å²) in [5, 5.41) is 11.2. The molecular formula is C55H64N2. The van der Waals surface area contributed by atoms with Crippen LogP contribution in [0.15, 0.2) is 176 Å². The summed E-state index contributed by atoms with van der Waals surface area (Å²) in [6, 6.07) is 58.8. The number of pyridine rings is 1. The van der Waals surface area contributed by atoms with Crippen LogP contribution in [0.3, 0.4) is 0 Å². The summed E-state index contributed by atoms with van der Waals surface area (Å²) in [6.45, 7) is 21.9. The van der Waals surface area contributed by atoms with Crippen LogP contribution in [-0.4, -0.2) is 4.98 Å². The third-order valence-corrected chi connectivity index (χ3v) is 9.65. The number of nitrogens with zero attached hydrogens (tertiary/aromatic N) is 2. The molecule has 0 spiro atoms. The standard InChI is InChI=1S/C15H16.C13H14.C10H11N.C9H12.C8H11N/c1-12(2)13-8-10-15(11-9-13)14-6-4-3-5-7-14;1-10(2)12-9-5-7-11-6-3-4-8-13(11)12;1-8(2)10-5-3-9(7-11)4-6-10;1-8(2)9-6-4-3-5-7-9;1-7(2)8-4-3-5-9-6-8/h3-12H,1-2H3;3-10H,1-2H3;3-6,8H,1-2H3;3-8H,1-2H3;3-7H,1-2H3.